The third-order valence-corrected chi connectivity index (χ3v) is 2.42. The minimum absolute atomic E-state index is 0.0970. The van der Waals surface area contributed by atoms with Gasteiger partial charge < -0.3 is 9.47 Å². The number of ether oxygens (including phenoxy) is 2. The van der Waals surface area contributed by atoms with Crippen LogP contribution in [0.2, 0.25) is 15.2 Å². The number of methoxy groups -OCH3 is 2. The SMILES string of the molecule is COc1nc(Cl)c(Cl)c(OC)c1Cl. The van der Waals surface area contributed by atoms with Crippen LogP contribution >= 0.6 is 34.8 Å². The van der Waals surface area contributed by atoms with Crippen molar-refractivity contribution in [2.45, 2.75) is 0 Å². The standard InChI is InChI=1S/C7H6Cl3NO2/c1-12-5-3(8)6(10)11-7(13-2)4(5)9/h1-2H3. The second-order valence-electron chi connectivity index (χ2n) is 2.07. The fourth-order valence-corrected chi connectivity index (χ4v) is 1.50. The molecule has 13 heavy (non-hydrogen) atoms. The Morgan fingerprint density at radius 2 is 1.62 bits per heavy atom. The van der Waals surface area contributed by atoms with E-state index < -0.39 is 0 Å². The Bertz CT molecular complexity index is 330. The summed E-state index contributed by atoms with van der Waals surface area (Å²) in [4.78, 5) is 3.80. The normalized spacial score (nSPS) is 9.92. The summed E-state index contributed by atoms with van der Waals surface area (Å²) < 4.78 is 9.79. The molecule has 0 saturated carbocycles. The summed E-state index contributed by atoms with van der Waals surface area (Å²) in [5.74, 6) is 0.452. The predicted octanol–water partition coefficient (Wildman–Crippen LogP) is 3.06. The molecule has 0 N–H and O–H groups in total. The fourth-order valence-electron chi connectivity index (χ4n) is 0.789. The van der Waals surface area contributed by atoms with Gasteiger partial charge in [-0.3, -0.25) is 0 Å². The van der Waals surface area contributed by atoms with Crippen molar-refractivity contribution in [2.75, 3.05) is 14.2 Å². The van der Waals surface area contributed by atoms with Crippen molar-refractivity contribution in [3.8, 4) is 11.6 Å². The van der Waals surface area contributed by atoms with Crippen LogP contribution in [0, 0.1) is 0 Å². The van der Waals surface area contributed by atoms with Gasteiger partial charge in [-0.2, -0.15) is 4.98 Å². The van der Waals surface area contributed by atoms with E-state index in [1.165, 1.54) is 14.2 Å². The maximum absolute atomic E-state index is 5.83. The zero-order chi connectivity index (χ0) is 10.0. The molecule has 1 aromatic rings. The molecule has 0 aliphatic heterocycles. The molecule has 6 heteroatoms. The highest BCUT2D eigenvalue weighted by molar-refractivity contribution is 6.44. The smallest absolute Gasteiger partial charge is 0.237 e. The van der Waals surface area contributed by atoms with Gasteiger partial charge in [0, 0.05) is 0 Å². The molecule has 0 aliphatic rings. The third kappa shape index (κ3) is 1.93. The van der Waals surface area contributed by atoms with Gasteiger partial charge in [-0.1, -0.05) is 34.8 Å². The molecule has 0 unspecified atom stereocenters. The number of rotatable bonds is 2. The van der Waals surface area contributed by atoms with Gasteiger partial charge in [0.25, 0.3) is 0 Å². The summed E-state index contributed by atoms with van der Waals surface area (Å²) >= 11 is 17.3. The summed E-state index contributed by atoms with van der Waals surface area (Å²) in [5.41, 5.74) is 0. The molecule has 0 radical (unpaired) electrons. The zero-order valence-electron chi connectivity index (χ0n) is 6.90. The van der Waals surface area contributed by atoms with E-state index in [-0.39, 0.29) is 26.8 Å². The molecule has 0 aliphatic carbocycles. The van der Waals surface area contributed by atoms with Crippen LogP contribution in [0.1, 0.15) is 0 Å². The molecule has 0 bridgehead atoms. The van der Waals surface area contributed by atoms with Gasteiger partial charge in [-0.05, 0) is 0 Å². The van der Waals surface area contributed by atoms with E-state index in [2.05, 4.69) is 4.98 Å². The highest BCUT2D eigenvalue weighted by Crippen LogP contribution is 2.41. The Labute approximate surface area is 90.5 Å². The van der Waals surface area contributed by atoms with Crippen molar-refractivity contribution < 1.29 is 9.47 Å². The first kappa shape index (κ1) is 10.7. The van der Waals surface area contributed by atoms with Crippen molar-refractivity contribution in [1.29, 1.82) is 0 Å². The van der Waals surface area contributed by atoms with E-state index in [0.29, 0.717) is 0 Å². The van der Waals surface area contributed by atoms with Crippen LogP contribution in [0.5, 0.6) is 11.6 Å². The number of nitrogens with zero attached hydrogens (tertiary/aromatic N) is 1. The molecule has 0 saturated heterocycles. The van der Waals surface area contributed by atoms with E-state index >= 15 is 0 Å². The van der Waals surface area contributed by atoms with Gasteiger partial charge in [0.2, 0.25) is 5.88 Å². The maximum Gasteiger partial charge on any atom is 0.237 e. The molecule has 0 atom stereocenters. The number of hydrogen-bond donors (Lipinski definition) is 0. The zero-order valence-corrected chi connectivity index (χ0v) is 9.17. The van der Waals surface area contributed by atoms with E-state index in [1.54, 1.807) is 0 Å². The van der Waals surface area contributed by atoms with E-state index in [4.69, 9.17) is 44.3 Å². The summed E-state index contributed by atoms with van der Waals surface area (Å²) in [7, 11) is 2.86. The molecular formula is C7H6Cl3NO2. The summed E-state index contributed by atoms with van der Waals surface area (Å²) in [6.45, 7) is 0. The van der Waals surface area contributed by atoms with Gasteiger partial charge in [-0.25, -0.2) is 0 Å². The molecule has 0 spiro atoms. The van der Waals surface area contributed by atoms with Gasteiger partial charge in [0.15, 0.2) is 10.9 Å². The Kier molecular flexibility index (Phi) is 3.47. The predicted molar refractivity (Wildman–Crippen MR) is 52.4 cm³/mol. The Balaban J connectivity index is 3.39. The lowest BCUT2D eigenvalue weighted by molar-refractivity contribution is 0.383. The van der Waals surface area contributed by atoms with Gasteiger partial charge in [0.05, 0.1) is 14.2 Å². The molecule has 1 aromatic heterocycles. The second kappa shape index (κ2) is 4.22. The Hall–Kier alpha value is -0.380. The van der Waals surface area contributed by atoms with Crippen LogP contribution in [-0.2, 0) is 0 Å². The van der Waals surface area contributed by atoms with Crippen molar-refractivity contribution in [1.82, 2.24) is 4.98 Å². The summed E-state index contributed by atoms with van der Waals surface area (Å²) in [5, 5.41) is 0.481. The van der Waals surface area contributed by atoms with Gasteiger partial charge in [-0.15, -0.1) is 0 Å². The third-order valence-electron chi connectivity index (χ3n) is 1.36. The second-order valence-corrected chi connectivity index (χ2v) is 3.19. The number of pyridine rings is 1. The van der Waals surface area contributed by atoms with Gasteiger partial charge in [0.1, 0.15) is 10.0 Å². The lowest BCUT2D eigenvalue weighted by Crippen LogP contribution is -1.94. The number of hydrogen-bond acceptors (Lipinski definition) is 3. The first-order chi connectivity index (χ1) is 6.11. The molecule has 0 aromatic carbocycles. The first-order valence-corrected chi connectivity index (χ1v) is 4.37. The van der Waals surface area contributed by atoms with Crippen LogP contribution in [0.4, 0.5) is 0 Å². The van der Waals surface area contributed by atoms with Crippen molar-refractivity contribution >= 4 is 34.8 Å². The highest BCUT2D eigenvalue weighted by Gasteiger charge is 2.17. The summed E-state index contributed by atoms with van der Waals surface area (Å²) in [6.07, 6.45) is 0. The topological polar surface area (TPSA) is 31.4 Å². The fraction of sp³-hybridized carbons (Fsp3) is 0.286. The summed E-state index contributed by atoms with van der Waals surface area (Å²) in [6, 6.07) is 0. The molecule has 0 fully saturated rings. The minimum Gasteiger partial charge on any atom is -0.493 e. The molecule has 1 heterocycles. The molecule has 0 amide bonds. The quantitative estimate of drug-likeness (QED) is 0.747. The van der Waals surface area contributed by atoms with Crippen LogP contribution in [-0.4, -0.2) is 19.2 Å². The maximum atomic E-state index is 5.83. The molecule has 3 nitrogen and oxygen atoms in total. The van der Waals surface area contributed by atoms with Crippen LogP contribution in [0.15, 0.2) is 0 Å². The molecule has 1 rings (SSSR count). The van der Waals surface area contributed by atoms with E-state index in [0.717, 1.165) is 0 Å². The lowest BCUT2D eigenvalue weighted by Gasteiger charge is -2.09. The van der Waals surface area contributed by atoms with Gasteiger partial charge >= 0.3 is 0 Å². The Morgan fingerprint density at radius 1 is 1.00 bits per heavy atom. The monoisotopic (exact) mass is 241 g/mol. The van der Waals surface area contributed by atoms with E-state index in [1.807, 2.05) is 0 Å². The van der Waals surface area contributed by atoms with Crippen LogP contribution in [0.25, 0.3) is 0 Å². The highest BCUT2D eigenvalue weighted by atomic mass is 35.5. The lowest BCUT2D eigenvalue weighted by atomic mass is 10.4. The van der Waals surface area contributed by atoms with Crippen molar-refractivity contribution in [2.24, 2.45) is 0 Å². The Morgan fingerprint density at radius 3 is 2.08 bits per heavy atom. The largest absolute Gasteiger partial charge is 0.493 e. The molecular weight excluding hydrogens is 236 g/mol. The first-order valence-electron chi connectivity index (χ1n) is 3.24. The van der Waals surface area contributed by atoms with Crippen molar-refractivity contribution in [3.05, 3.63) is 15.2 Å². The molecule has 72 valence electrons. The average Bonchev–Trinajstić information content (AvgIpc) is 2.12. The van der Waals surface area contributed by atoms with Crippen LogP contribution < -0.4 is 9.47 Å². The minimum atomic E-state index is 0.0970. The van der Waals surface area contributed by atoms with Crippen molar-refractivity contribution in [3.63, 3.8) is 0 Å². The number of halogens is 3. The van der Waals surface area contributed by atoms with Crippen LogP contribution in [0.3, 0.4) is 0 Å². The number of aromatic nitrogens is 1. The average molecular weight is 242 g/mol. The van der Waals surface area contributed by atoms with E-state index in [9.17, 15) is 0 Å².